The average molecular weight is 373 g/mol. The molecule has 5 rings (SSSR count). The summed E-state index contributed by atoms with van der Waals surface area (Å²) >= 11 is 1.63. The third-order valence-corrected chi connectivity index (χ3v) is 5.58. The molecular weight excluding hydrogens is 358 g/mol. The molecule has 5 nitrogen and oxygen atoms in total. The van der Waals surface area contributed by atoms with Crippen LogP contribution >= 0.6 is 11.3 Å². The predicted molar refractivity (Wildman–Crippen MR) is 106 cm³/mol. The fourth-order valence-corrected chi connectivity index (χ4v) is 4.08. The number of aromatic nitrogens is 2. The van der Waals surface area contributed by atoms with Crippen molar-refractivity contribution >= 4 is 33.3 Å². The normalized spacial score (nSPS) is 15.3. The minimum Gasteiger partial charge on any atom is -0.480 e. The lowest BCUT2D eigenvalue weighted by molar-refractivity contribution is -0.122. The number of amides is 1. The lowest BCUT2D eigenvalue weighted by atomic mass is 10.1. The van der Waals surface area contributed by atoms with Gasteiger partial charge in [-0.25, -0.2) is 9.97 Å². The third kappa shape index (κ3) is 3.04. The van der Waals surface area contributed by atoms with Crippen molar-refractivity contribution in [3.8, 4) is 16.3 Å². The maximum Gasteiger partial charge on any atom is 0.266 e. The second kappa shape index (κ2) is 6.48. The smallest absolute Gasteiger partial charge is 0.266 e. The molecule has 4 aromatic rings. The van der Waals surface area contributed by atoms with Crippen molar-refractivity contribution < 1.29 is 9.53 Å². The summed E-state index contributed by atoms with van der Waals surface area (Å²) in [6.45, 7) is 0. The zero-order valence-electron chi connectivity index (χ0n) is 14.3. The molecule has 0 saturated carbocycles. The zero-order chi connectivity index (χ0) is 18.2. The van der Waals surface area contributed by atoms with Gasteiger partial charge in [-0.15, -0.1) is 11.3 Å². The van der Waals surface area contributed by atoms with Crippen molar-refractivity contribution in [3.63, 3.8) is 0 Å². The minimum atomic E-state index is -0.520. The van der Waals surface area contributed by atoms with Crippen LogP contribution in [0.2, 0.25) is 0 Å². The SMILES string of the molecule is O=C(Nc1ccc(-c2nc3ccccc3s2)cn1)C1Cc2ccccc2O1. The molecule has 1 amide bonds. The van der Waals surface area contributed by atoms with Gasteiger partial charge in [-0.2, -0.15) is 0 Å². The molecule has 0 radical (unpaired) electrons. The summed E-state index contributed by atoms with van der Waals surface area (Å²) in [7, 11) is 0. The molecule has 2 aromatic carbocycles. The van der Waals surface area contributed by atoms with E-state index < -0.39 is 6.10 Å². The van der Waals surface area contributed by atoms with Crippen LogP contribution in [0.15, 0.2) is 66.9 Å². The highest BCUT2D eigenvalue weighted by Gasteiger charge is 2.28. The molecule has 3 heterocycles. The number of rotatable bonds is 3. The molecule has 1 N–H and O–H groups in total. The van der Waals surface area contributed by atoms with Gasteiger partial charge in [0, 0.05) is 18.2 Å². The summed E-state index contributed by atoms with van der Waals surface area (Å²) in [6.07, 6.45) is 1.79. The highest BCUT2D eigenvalue weighted by Crippen LogP contribution is 2.30. The molecule has 0 saturated heterocycles. The summed E-state index contributed by atoms with van der Waals surface area (Å²) < 4.78 is 6.86. The molecule has 0 spiro atoms. The number of nitrogens with zero attached hydrogens (tertiary/aromatic N) is 2. The van der Waals surface area contributed by atoms with Crippen molar-refractivity contribution in [3.05, 3.63) is 72.4 Å². The number of carbonyl (C=O) groups is 1. The number of nitrogens with one attached hydrogen (secondary N) is 1. The van der Waals surface area contributed by atoms with Crippen LogP contribution in [0.1, 0.15) is 5.56 Å². The zero-order valence-corrected chi connectivity index (χ0v) is 15.1. The fraction of sp³-hybridized carbons (Fsp3) is 0.0952. The molecule has 1 aliphatic rings. The molecule has 0 fully saturated rings. The Hall–Kier alpha value is -3.25. The number of para-hydroxylation sites is 2. The number of fused-ring (bicyclic) bond motifs is 2. The van der Waals surface area contributed by atoms with Crippen LogP contribution in [0.3, 0.4) is 0 Å². The van der Waals surface area contributed by atoms with E-state index in [1.165, 1.54) is 0 Å². The van der Waals surface area contributed by atoms with Gasteiger partial charge >= 0.3 is 0 Å². The summed E-state index contributed by atoms with van der Waals surface area (Å²) in [5.74, 6) is 1.09. The fourth-order valence-electron chi connectivity index (χ4n) is 3.13. The van der Waals surface area contributed by atoms with E-state index in [0.29, 0.717) is 12.2 Å². The molecule has 1 atom stereocenters. The second-order valence-corrected chi connectivity index (χ2v) is 7.36. The van der Waals surface area contributed by atoms with E-state index in [9.17, 15) is 4.79 Å². The van der Waals surface area contributed by atoms with Gasteiger partial charge in [0.15, 0.2) is 6.10 Å². The van der Waals surface area contributed by atoms with Crippen LogP contribution in [0, 0.1) is 0 Å². The van der Waals surface area contributed by atoms with Gasteiger partial charge in [0.05, 0.1) is 10.2 Å². The van der Waals surface area contributed by atoms with Gasteiger partial charge in [-0.05, 0) is 35.9 Å². The highest BCUT2D eigenvalue weighted by molar-refractivity contribution is 7.21. The van der Waals surface area contributed by atoms with Crippen LogP contribution in [-0.4, -0.2) is 22.0 Å². The first-order valence-corrected chi connectivity index (χ1v) is 9.45. The number of thiazole rings is 1. The van der Waals surface area contributed by atoms with Crippen LogP contribution in [0.4, 0.5) is 5.82 Å². The molecule has 1 aliphatic heterocycles. The largest absolute Gasteiger partial charge is 0.480 e. The van der Waals surface area contributed by atoms with E-state index >= 15 is 0 Å². The van der Waals surface area contributed by atoms with Crippen LogP contribution in [-0.2, 0) is 11.2 Å². The third-order valence-electron chi connectivity index (χ3n) is 4.50. The molecule has 0 bridgehead atoms. The van der Waals surface area contributed by atoms with Gasteiger partial charge in [0.25, 0.3) is 5.91 Å². The topological polar surface area (TPSA) is 64.1 Å². The Labute approximate surface area is 159 Å². The van der Waals surface area contributed by atoms with Crippen molar-refractivity contribution in [2.45, 2.75) is 12.5 Å². The van der Waals surface area contributed by atoms with Crippen LogP contribution in [0.5, 0.6) is 5.75 Å². The number of pyridine rings is 1. The maximum absolute atomic E-state index is 12.5. The molecule has 0 aliphatic carbocycles. The quantitative estimate of drug-likeness (QED) is 0.581. The van der Waals surface area contributed by atoms with Crippen molar-refractivity contribution in [2.75, 3.05) is 5.32 Å². The number of hydrogen-bond acceptors (Lipinski definition) is 5. The van der Waals surface area contributed by atoms with Crippen LogP contribution in [0.25, 0.3) is 20.8 Å². The lowest BCUT2D eigenvalue weighted by Crippen LogP contribution is -2.31. The number of ether oxygens (including phenoxy) is 1. The Kier molecular flexibility index (Phi) is 3.83. The van der Waals surface area contributed by atoms with Crippen molar-refractivity contribution in [1.82, 2.24) is 9.97 Å². The van der Waals surface area contributed by atoms with Gasteiger partial charge in [0.1, 0.15) is 16.6 Å². The van der Waals surface area contributed by atoms with Crippen molar-refractivity contribution in [1.29, 1.82) is 0 Å². The van der Waals surface area contributed by atoms with E-state index in [1.54, 1.807) is 23.6 Å². The van der Waals surface area contributed by atoms with Crippen LogP contribution < -0.4 is 10.1 Å². The summed E-state index contributed by atoms with van der Waals surface area (Å²) in [5.41, 5.74) is 2.96. The summed E-state index contributed by atoms with van der Waals surface area (Å²) in [5, 5.41) is 3.75. The van der Waals surface area contributed by atoms with Crippen molar-refractivity contribution in [2.24, 2.45) is 0 Å². The average Bonchev–Trinajstić information content (AvgIpc) is 3.32. The molecule has 2 aromatic heterocycles. The summed E-state index contributed by atoms with van der Waals surface area (Å²) in [4.78, 5) is 21.5. The first-order chi connectivity index (χ1) is 13.3. The maximum atomic E-state index is 12.5. The Balaban J connectivity index is 1.30. The number of hydrogen-bond donors (Lipinski definition) is 1. The highest BCUT2D eigenvalue weighted by atomic mass is 32.1. The molecule has 1 unspecified atom stereocenters. The lowest BCUT2D eigenvalue weighted by Gasteiger charge is -2.11. The van der Waals surface area contributed by atoms with Gasteiger partial charge in [-0.3, -0.25) is 4.79 Å². The monoisotopic (exact) mass is 373 g/mol. The first-order valence-electron chi connectivity index (χ1n) is 8.64. The second-order valence-electron chi connectivity index (χ2n) is 6.33. The van der Waals surface area contributed by atoms with Gasteiger partial charge in [0.2, 0.25) is 0 Å². The Morgan fingerprint density at radius 1 is 1.07 bits per heavy atom. The molecular formula is C21H15N3O2S. The Bertz CT molecular complexity index is 1080. The number of anilines is 1. The molecule has 132 valence electrons. The van der Waals surface area contributed by atoms with E-state index in [2.05, 4.69) is 21.4 Å². The number of carbonyl (C=O) groups excluding carboxylic acids is 1. The predicted octanol–water partition coefficient (Wildman–Crippen LogP) is 4.30. The van der Waals surface area contributed by atoms with E-state index in [1.807, 2.05) is 48.5 Å². The summed E-state index contributed by atoms with van der Waals surface area (Å²) in [6, 6.07) is 19.5. The Morgan fingerprint density at radius 3 is 2.74 bits per heavy atom. The van der Waals surface area contributed by atoms with Gasteiger partial charge < -0.3 is 10.1 Å². The minimum absolute atomic E-state index is 0.188. The molecule has 6 heteroatoms. The standard InChI is InChI=1S/C21H15N3O2S/c25-20(17-11-13-5-1-3-7-16(13)26-17)24-19-10-9-14(12-22-19)21-23-15-6-2-4-8-18(15)27-21/h1-10,12,17H,11H2,(H,22,24,25). The van der Waals surface area contributed by atoms with E-state index in [0.717, 1.165) is 32.1 Å². The van der Waals surface area contributed by atoms with E-state index in [-0.39, 0.29) is 5.91 Å². The van der Waals surface area contributed by atoms with Gasteiger partial charge in [-0.1, -0.05) is 30.3 Å². The first kappa shape index (κ1) is 16.0. The number of benzene rings is 2. The Morgan fingerprint density at radius 2 is 1.93 bits per heavy atom. The van der Waals surface area contributed by atoms with E-state index in [4.69, 9.17) is 4.74 Å². The molecule has 27 heavy (non-hydrogen) atoms.